The van der Waals surface area contributed by atoms with E-state index in [1.807, 2.05) is 30.5 Å². The number of aromatic carboxylic acids is 1. The Labute approximate surface area is 179 Å². The lowest BCUT2D eigenvalue weighted by molar-refractivity contribution is 0.0694. The van der Waals surface area contributed by atoms with E-state index >= 15 is 0 Å². The predicted molar refractivity (Wildman–Crippen MR) is 115 cm³/mol. The highest BCUT2D eigenvalue weighted by molar-refractivity contribution is 5.95. The van der Waals surface area contributed by atoms with Crippen molar-refractivity contribution in [2.24, 2.45) is 5.73 Å². The van der Waals surface area contributed by atoms with Crippen LogP contribution >= 0.6 is 0 Å². The summed E-state index contributed by atoms with van der Waals surface area (Å²) in [6, 6.07) is 7.86. The second-order valence-electron chi connectivity index (χ2n) is 8.76. The molecule has 3 aliphatic rings. The van der Waals surface area contributed by atoms with Crippen LogP contribution in [0.5, 0.6) is 11.5 Å². The van der Waals surface area contributed by atoms with Gasteiger partial charge in [0.15, 0.2) is 11.5 Å². The maximum absolute atomic E-state index is 12.1. The first-order valence-electron chi connectivity index (χ1n) is 10.7. The molecular formula is C24H23N3O4. The number of nitrogens with one attached hydrogen (secondary N) is 1. The SMILES string of the molecule is NC1(Cc2[nH]c3c(c2C(=O)O)CCc2cnc(-c4ccc5c(c4)OCCO5)cc2-3)CC1. The average Bonchev–Trinajstić information content (AvgIpc) is 3.38. The van der Waals surface area contributed by atoms with E-state index in [1.54, 1.807) is 0 Å². The van der Waals surface area contributed by atoms with Gasteiger partial charge in [0.1, 0.15) is 13.2 Å². The standard InChI is InChI=1S/C24H23N3O4/c25-24(5-6-24)11-18-21(23(28)29)15-3-1-14-12-26-17(10-16(14)22(15)27-18)13-2-4-19-20(9-13)31-8-7-30-19/h2,4,9-10,12,27H,1,3,5-8,11,25H2,(H,28,29). The predicted octanol–water partition coefficient (Wildman–Crippen LogP) is 3.35. The summed E-state index contributed by atoms with van der Waals surface area (Å²) in [6.45, 7) is 1.08. The van der Waals surface area contributed by atoms with Crippen molar-refractivity contribution in [3.05, 3.63) is 52.8 Å². The van der Waals surface area contributed by atoms with Crippen molar-refractivity contribution in [3.8, 4) is 34.0 Å². The van der Waals surface area contributed by atoms with E-state index in [-0.39, 0.29) is 5.54 Å². The number of carboxylic acid groups (broad SMARTS) is 1. The van der Waals surface area contributed by atoms with Crippen LogP contribution in [0.1, 0.15) is 40.0 Å². The number of hydrogen-bond acceptors (Lipinski definition) is 5. The van der Waals surface area contributed by atoms with E-state index in [9.17, 15) is 9.90 Å². The maximum Gasteiger partial charge on any atom is 0.337 e. The van der Waals surface area contributed by atoms with E-state index < -0.39 is 5.97 Å². The van der Waals surface area contributed by atoms with Crippen LogP contribution in [-0.4, -0.2) is 39.8 Å². The van der Waals surface area contributed by atoms with Crippen LogP contribution in [0.3, 0.4) is 0 Å². The number of carboxylic acids is 1. The highest BCUT2D eigenvalue weighted by Crippen LogP contribution is 2.42. The van der Waals surface area contributed by atoms with Crippen LogP contribution < -0.4 is 15.2 Å². The molecule has 1 aliphatic heterocycles. The van der Waals surface area contributed by atoms with Crippen molar-refractivity contribution in [2.75, 3.05) is 13.2 Å². The second kappa shape index (κ2) is 6.59. The van der Waals surface area contributed by atoms with E-state index in [1.165, 1.54) is 0 Å². The molecule has 4 N–H and O–H groups in total. The van der Waals surface area contributed by atoms with Crippen LogP contribution in [0, 0.1) is 0 Å². The Hall–Kier alpha value is -3.32. The number of H-pyrrole nitrogens is 1. The first-order chi connectivity index (χ1) is 15.0. The summed E-state index contributed by atoms with van der Waals surface area (Å²) in [5.41, 5.74) is 12.8. The van der Waals surface area contributed by atoms with E-state index in [0.29, 0.717) is 31.6 Å². The Balaban J connectivity index is 1.44. The highest BCUT2D eigenvalue weighted by atomic mass is 16.6. The first-order valence-corrected chi connectivity index (χ1v) is 10.7. The Morgan fingerprint density at radius 2 is 1.97 bits per heavy atom. The van der Waals surface area contributed by atoms with Crippen molar-refractivity contribution >= 4 is 5.97 Å². The van der Waals surface area contributed by atoms with Gasteiger partial charge >= 0.3 is 5.97 Å². The molecule has 7 nitrogen and oxygen atoms in total. The van der Waals surface area contributed by atoms with Gasteiger partial charge in [-0.25, -0.2) is 4.79 Å². The van der Waals surface area contributed by atoms with E-state index in [2.05, 4.69) is 9.97 Å². The first kappa shape index (κ1) is 18.4. The number of benzene rings is 1. The topological polar surface area (TPSA) is 110 Å². The molecule has 0 unspecified atom stereocenters. The fraction of sp³-hybridized carbons (Fsp3) is 0.333. The Morgan fingerprint density at radius 3 is 2.74 bits per heavy atom. The van der Waals surface area contributed by atoms with Crippen molar-refractivity contribution in [1.82, 2.24) is 9.97 Å². The van der Waals surface area contributed by atoms with Crippen molar-refractivity contribution in [3.63, 3.8) is 0 Å². The van der Waals surface area contributed by atoms with Gasteiger partial charge in [0.25, 0.3) is 0 Å². The van der Waals surface area contributed by atoms with E-state index in [4.69, 9.17) is 15.2 Å². The minimum atomic E-state index is -0.888. The number of aromatic amines is 1. The second-order valence-corrected chi connectivity index (χ2v) is 8.76. The van der Waals surface area contributed by atoms with Crippen LogP contribution in [0.4, 0.5) is 0 Å². The number of carbonyl (C=O) groups is 1. The molecule has 3 aromatic rings. The summed E-state index contributed by atoms with van der Waals surface area (Å²) in [7, 11) is 0. The molecule has 3 heterocycles. The minimum Gasteiger partial charge on any atom is -0.486 e. The fourth-order valence-corrected chi connectivity index (χ4v) is 4.69. The summed E-state index contributed by atoms with van der Waals surface area (Å²) in [6.07, 6.45) is 5.79. The number of ether oxygens (including phenoxy) is 2. The molecule has 0 amide bonds. The quantitative estimate of drug-likeness (QED) is 0.600. The third-order valence-corrected chi connectivity index (χ3v) is 6.55. The van der Waals surface area contributed by atoms with E-state index in [0.717, 1.165) is 70.1 Å². The normalized spacial score (nSPS) is 17.6. The lowest BCUT2D eigenvalue weighted by Crippen LogP contribution is -2.25. The van der Waals surface area contributed by atoms with Gasteiger partial charge in [-0.15, -0.1) is 0 Å². The molecule has 0 spiro atoms. The molecule has 2 aliphatic carbocycles. The number of rotatable bonds is 4. The number of pyridine rings is 1. The lowest BCUT2D eigenvalue weighted by Gasteiger charge is -2.20. The van der Waals surface area contributed by atoms with Gasteiger partial charge in [-0.2, -0.15) is 0 Å². The maximum atomic E-state index is 12.1. The number of nitrogens with two attached hydrogens (primary N) is 1. The van der Waals surface area contributed by atoms with Gasteiger partial charge in [0.05, 0.1) is 17.0 Å². The molecule has 158 valence electrons. The molecule has 1 saturated carbocycles. The lowest BCUT2D eigenvalue weighted by atomic mass is 9.88. The summed E-state index contributed by atoms with van der Waals surface area (Å²) in [4.78, 5) is 20.2. The summed E-state index contributed by atoms with van der Waals surface area (Å²) in [5.74, 6) is 0.574. The van der Waals surface area contributed by atoms with Gasteiger partial charge < -0.3 is 25.3 Å². The largest absolute Gasteiger partial charge is 0.486 e. The zero-order valence-electron chi connectivity index (χ0n) is 17.0. The number of aryl methyl sites for hydroxylation is 1. The van der Waals surface area contributed by atoms with Crippen LogP contribution in [0.2, 0.25) is 0 Å². The van der Waals surface area contributed by atoms with Crippen LogP contribution in [0.25, 0.3) is 22.5 Å². The number of fused-ring (bicyclic) bond motifs is 4. The smallest absolute Gasteiger partial charge is 0.337 e. The summed E-state index contributed by atoms with van der Waals surface area (Å²) in [5, 5.41) is 9.92. The zero-order chi connectivity index (χ0) is 21.2. The minimum absolute atomic E-state index is 0.269. The molecule has 2 aromatic heterocycles. The molecule has 0 saturated heterocycles. The molecule has 0 radical (unpaired) electrons. The van der Waals surface area contributed by atoms with Gasteiger partial charge in [-0.05, 0) is 61.1 Å². The van der Waals surface area contributed by atoms with Crippen molar-refractivity contribution in [2.45, 2.75) is 37.6 Å². The van der Waals surface area contributed by atoms with Gasteiger partial charge in [-0.3, -0.25) is 4.98 Å². The molecule has 1 fully saturated rings. The third kappa shape index (κ3) is 3.08. The average molecular weight is 417 g/mol. The monoisotopic (exact) mass is 417 g/mol. The van der Waals surface area contributed by atoms with Gasteiger partial charge in [-0.1, -0.05) is 0 Å². The fourth-order valence-electron chi connectivity index (χ4n) is 4.69. The third-order valence-electron chi connectivity index (χ3n) is 6.55. The summed E-state index contributed by atoms with van der Waals surface area (Å²) >= 11 is 0. The van der Waals surface area contributed by atoms with Crippen molar-refractivity contribution < 1.29 is 19.4 Å². The molecule has 31 heavy (non-hydrogen) atoms. The van der Waals surface area contributed by atoms with Crippen LogP contribution in [-0.2, 0) is 19.3 Å². The van der Waals surface area contributed by atoms with Gasteiger partial charge in [0.2, 0.25) is 0 Å². The Kier molecular flexibility index (Phi) is 3.92. The van der Waals surface area contributed by atoms with Crippen molar-refractivity contribution in [1.29, 1.82) is 0 Å². The summed E-state index contributed by atoms with van der Waals surface area (Å²) < 4.78 is 11.3. The molecule has 7 heteroatoms. The number of aromatic nitrogens is 2. The number of nitrogens with zero attached hydrogens (tertiary/aromatic N) is 1. The van der Waals surface area contributed by atoms with Gasteiger partial charge in [0, 0.05) is 35.0 Å². The molecule has 0 atom stereocenters. The van der Waals surface area contributed by atoms with Crippen LogP contribution in [0.15, 0.2) is 30.5 Å². The molecule has 1 aromatic carbocycles. The number of hydrogen-bond donors (Lipinski definition) is 3. The molecule has 6 rings (SSSR count). The Bertz CT molecular complexity index is 1230. The molecule has 0 bridgehead atoms. The Morgan fingerprint density at radius 1 is 1.16 bits per heavy atom. The zero-order valence-corrected chi connectivity index (χ0v) is 17.0. The molecular weight excluding hydrogens is 394 g/mol. The highest BCUT2D eigenvalue weighted by Gasteiger charge is 2.40.